The molecule has 0 amide bonds. The minimum Gasteiger partial charge on any atom is -0.383 e. The number of aryl methyl sites for hydroxylation is 1. The Bertz CT molecular complexity index is 445. The molecule has 2 atom stereocenters. The smallest absolute Gasteiger partial charge is 0.203 e. The number of hydrogen-bond acceptors (Lipinski definition) is 4. The Kier molecular flexibility index (Phi) is 4.27. The van der Waals surface area contributed by atoms with Gasteiger partial charge in [-0.25, -0.2) is 4.98 Å². The molecule has 0 bridgehead atoms. The van der Waals surface area contributed by atoms with Crippen molar-refractivity contribution in [1.82, 2.24) is 14.5 Å². The summed E-state index contributed by atoms with van der Waals surface area (Å²) in [5, 5.41) is 3.41. The normalized spacial score (nSPS) is 26.7. The van der Waals surface area contributed by atoms with E-state index in [9.17, 15) is 0 Å². The summed E-state index contributed by atoms with van der Waals surface area (Å²) in [7, 11) is 1.73. The first-order chi connectivity index (χ1) is 9.78. The van der Waals surface area contributed by atoms with Gasteiger partial charge in [0, 0.05) is 38.5 Å². The third kappa shape index (κ3) is 2.83. The van der Waals surface area contributed by atoms with Crippen LogP contribution in [0.2, 0.25) is 0 Å². The maximum Gasteiger partial charge on any atom is 0.203 e. The van der Waals surface area contributed by atoms with Crippen molar-refractivity contribution in [2.75, 3.05) is 38.7 Å². The van der Waals surface area contributed by atoms with Crippen molar-refractivity contribution in [3.63, 3.8) is 0 Å². The molecule has 5 nitrogen and oxygen atoms in total. The van der Waals surface area contributed by atoms with Crippen LogP contribution in [0.5, 0.6) is 0 Å². The maximum absolute atomic E-state index is 5.11. The molecule has 0 aliphatic carbocycles. The molecule has 0 spiro atoms. The second-order valence-corrected chi connectivity index (χ2v) is 6.04. The van der Waals surface area contributed by atoms with Gasteiger partial charge in [-0.2, -0.15) is 0 Å². The Balaban J connectivity index is 1.69. The largest absolute Gasteiger partial charge is 0.383 e. The van der Waals surface area contributed by atoms with Crippen LogP contribution in [0.1, 0.15) is 37.4 Å². The van der Waals surface area contributed by atoms with Gasteiger partial charge in [0.1, 0.15) is 0 Å². The molecule has 2 fully saturated rings. The van der Waals surface area contributed by atoms with Crippen LogP contribution in [0.15, 0.2) is 6.20 Å². The first-order valence-electron chi connectivity index (χ1n) is 7.80. The minimum absolute atomic E-state index is 0.598. The Morgan fingerprint density at radius 2 is 2.25 bits per heavy atom. The zero-order valence-corrected chi connectivity index (χ0v) is 12.6. The molecule has 0 aromatic carbocycles. The minimum atomic E-state index is 0.598. The molecule has 1 N–H and O–H groups in total. The molecule has 5 heteroatoms. The van der Waals surface area contributed by atoms with Crippen LogP contribution in [-0.2, 0) is 4.74 Å². The number of rotatable bonds is 5. The van der Waals surface area contributed by atoms with Crippen molar-refractivity contribution in [3.8, 4) is 0 Å². The molecule has 112 valence electrons. The summed E-state index contributed by atoms with van der Waals surface area (Å²) in [6.07, 6.45) is 7.46. The Hall–Kier alpha value is -1.07. The third-order valence-corrected chi connectivity index (χ3v) is 4.63. The summed E-state index contributed by atoms with van der Waals surface area (Å²) >= 11 is 0. The molecular formula is C15H26N4O. The number of imidazole rings is 1. The Labute approximate surface area is 121 Å². The Morgan fingerprint density at radius 1 is 1.35 bits per heavy atom. The van der Waals surface area contributed by atoms with Crippen LogP contribution in [0.3, 0.4) is 0 Å². The molecule has 20 heavy (non-hydrogen) atoms. The number of piperidine rings is 1. The van der Waals surface area contributed by atoms with Crippen LogP contribution in [0, 0.1) is 6.92 Å². The SMILES string of the molecule is COCCNc1nc(C)cn1C1CCN2CCCC2C1. The predicted molar refractivity (Wildman–Crippen MR) is 80.2 cm³/mol. The summed E-state index contributed by atoms with van der Waals surface area (Å²) in [5.74, 6) is 1.01. The number of anilines is 1. The highest BCUT2D eigenvalue weighted by molar-refractivity contribution is 5.29. The van der Waals surface area contributed by atoms with Gasteiger partial charge in [0.2, 0.25) is 5.95 Å². The third-order valence-electron chi connectivity index (χ3n) is 4.63. The number of aromatic nitrogens is 2. The van der Waals surface area contributed by atoms with E-state index in [1.165, 1.54) is 38.8 Å². The monoisotopic (exact) mass is 278 g/mol. The molecule has 1 aromatic heterocycles. The summed E-state index contributed by atoms with van der Waals surface area (Å²) in [4.78, 5) is 7.29. The van der Waals surface area contributed by atoms with Gasteiger partial charge in [0.25, 0.3) is 0 Å². The Morgan fingerprint density at radius 3 is 3.10 bits per heavy atom. The van der Waals surface area contributed by atoms with Crippen LogP contribution in [0.25, 0.3) is 0 Å². The van der Waals surface area contributed by atoms with E-state index in [1.54, 1.807) is 7.11 Å². The summed E-state index contributed by atoms with van der Waals surface area (Å²) in [6, 6.07) is 1.39. The van der Waals surface area contributed by atoms with Crippen molar-refractivity contribution >= 4 is 5.95 Å². The van der Waals surface area contributed by atoms with Crippen molar-refractivity contribution in [2.45, 2.75) is 44.7 Å². The van der Waals surface area contributed by atoms with Gasteiger partial charge in [-0.1, -0.05) is 0 Å². The van der Waals surface area contributed by atoms with E-state index in [0.29, 0.717) is 12.6 Å². The van der Waals surface area contributed by atoms with E-state index in [1.807, 2.05) is 0 Å². The predicted octanol–water partition coefficient (Wildman–Crippen LogP) is 2.05. The molecule has 3 heterocycles. The zero-order valence-electron chi connectivity index (χ0n) is 12.6. The number of ether oxygens (including phenoxy) is 1. The molecule has 0 saturated carbocycles. The van der Waals surface area contributed by atoms with Crippen LogP contribution in [-0.4, -0.2) is 53.8 Å². The van der Waals surface area contributed by atoms with Gasteiger partial charge in [-0.05, 0) is 39.2 Å². The number of methoxy groups -OCH3 is 1. The van der Waals surface area contributed by atoms with E-state index in [-0.39, 0.29) is 0 Å². The highest BCUT2D eigenvalue weighted by Gasteiger charge is 2.33. The quantitative estimate of drug-likeness (QED) is 0.837. The van der Waals surface area contributed by atoms with Gasteiger partial charge in [0.15, 0.2) is 0 Å². The molecule has 2 aliphatic heterocycles. The van der Waals surface area contributed by atoms with Crippen LogP contribution in [0.4, 0.5) is 5.95 Å². The topological polar surface area (TPSA) is 42.3 Å². The lowest BCUT2D eigenvalue weighted by atomic mass is 9.97. The van der Waals surface area contributed by atoms with E-state index in [2.05, 4.69) is 32.9 Å². The summed E-state index contributed by atoms with van der Waals surface area (Å²) in [5.41, 5.74) is 1.10. The van der Waals surface area contributed by atoms with Crippen LogP contribution >= 0.6 is 0 Å². The van der Waals surface area contributed by atoms with Crippen molar-refractivity contribution in [2.24, 2.45) is 0 Å². The number of fused-ring (bicyclic) bond motifs is 1. The number of hydrogen-bond donors (Lipinski definition) is 1. The fourth-order valence-electron chi connectivity index (χ4n) is 3.65. The number of nitrogens with one attached hydrogen (secondary N) is 1. The van der Waals surface area contributed by atoms with Gasteiger partial charge in [-0.15, -0.1) is 0 Å². The van der Waals surface area contributed by atoms with Crippen molar-refractivity contribution in [1.29, 1.82) is 0 Å². The first-order valence-corrected chi connectivity index (χ1v) is 7.80. The van der Waals surface area contributed by atoms with Crippen LogP contribution < -0.4 is 5.32 Å². The maximum atomic E-state index is 5.11. The second kappa shape index (κ2) is 6.14. The zero-order chi connectivity index (χ0) is 13.9. The molecule has 1 aromatic rings. The van der Waals surface area contributed by atoms with Crippen molar-refractivity contribution < 1.29 is 4.74 Å². The average Bonchev–Trinajstić information content (AvgIpc) is 3.04. The highest BCUT2D eigenvalue weighted by atomic mass is 16.5. The standard InChI is InChI=1S/C15H26N4O/c1-12-11-19(15(17-12)16-6-9-20-2)14-5-8-18-7-3-4-13(18)10-14/h11,13-14H,3-10H2,1-2H3,(H,16,17). The first kappa shape index (κ1) is 13.9. The molecule has 3 rings (SSSR count). The lowest BCUT2D eigenvalue weighted by molar-refractivity contribution is 0.156. The molecule has 0 radical (unpaired) electrons. The average molecular weight is 278 g/mol. The highest BCUT2D eigenvalue weighted by Crippen LogP contribution is 2.34. The van der Waals surface area contributed by atoms with E-state index >= 15 is 0 Å². The lowest BCUT2D eigenvalue weighted by Crippen LogP contribution is -2.38. The molecule has 2 aliphatic rings. The number of nitrogens with zero attached hydrogens (tertiary/aromatic N) is 3. The summed E-state index contributed by atoms with van der Waals surface area (Å²) in [6.45, 7) is 6.15. The van der Waals surface area contributed by atoms with Crippen molar-refractivity contribution in [3.05, 3.63) is 11.9 Å². The van der Waals surface area contributed by atoms with Gasteiger partial charge >= 0.3 is 0 Å². The molecule has 2 unspecified atom stereocenters. The lowest BCUT2D eigenvalue weighted by Gasteiger charge is -2.35. The van der Waals surface area contributed by atoms with E-state index < -0.39 is 0 Å². The van der Waals surface area contributed by atoms with E-state index in [0.717, 1.165) is 24.2 Å². The second-order valence-electron chi connectivity index (χ2n) is 6.04. The van der Waals surface area contributed by atoms with Gasteiger partial charge in [0.05, 0.1) is 12.3 Å². The van der Waals surface area contributed by atoms with Gasteiger partial charge < -0.3 is 19.5 Å². The fourth-order valence-corrected chi connectivity index (χ4v) is 3.65. The molecule has 2 saturated heterocycles. The fraction of sp³-hybridized carbons (Fsp3) is 0.800. The van der Waals surface area contributed by atoms with Gasteiger partial charge in [-0.3, -0.25) is 0 Å². The molecular weight excluding hydrogens is 252 g/mol. The summed E-state index contributed by atoms with van der Waals surface area (Å²) < 4.78 is 7.47. The van der Waals surface area contributed by atoms with E-state index in [4.69, 9.17) is 4.74 Å².